The molecule has 0 spiro atoms. The van der Waals surface area contributed by atoms with Crippen molar-refractivity contribution in [2.24, 2.45) is 5.41 Å². The van der Waals surface area contributed by atoms with Gasteiger partial charge in [-0.1, -0.05) is 25.6 Å². The zero-order chi connectivity index (χ0) is 13.8. The third kappa shape index (κ3) is 3.35. The number of aromatic nitrogens is 3. The van der Waals surface area contributed by atoms with Crippen LogP contribution < -0.4 is 5.69 Å². The van der Waals surface area contributed by atoms with Crippen molar-refractivity contribution in [3.63, 3.8) is 0 Å². The highest BCUT2D eigenvalue weighted by Gasteiger charge is 2.26. The normalized spacial score (nSPS) is 12.3. The van der Waals surface area contributed by atoms with Crippen LogP contribution in [0.2, 0.25) is 0 Å². The number of H-pyrrole nitrogens is 1. The molecule has 4 nitrogen and oxygen atoms in total. The quantitative estimate of drug-likeness (QED) is 0.599. The molecule has 1 heterocycles. The molecule has 0 unspecified atom stereocenters. The summed E-state index contributed by atoms with van der Waals surface area (Å²) in [5, 5.41) is 7.41. The number of aromatic amines is 1. The summed E-state index contributed by atoms with van der Waals surface area (Å²) in [4.78, 5) is 11.6. The molecule has 0 radical (unpaired) electrons. The number of nitrogens with zero attached hydrogens (tertiary/aromatic N) is 2. The molecule has 1 aromatic rings. The van der Waals surface area contributed by atoms with Gasteiger partial charge in [0.05, 0.1) is 0 Å². The fourth-order valence-corrected chi connectivity index (χ4v) is 3.99. The Morgan fingerprint density at radius 2 is 2.06 bits per heavy atom. The molecule has 0 aromatic carbocycles. The van der Waals surface area contributed by atoms with Crippen molar-refractivity contribution in [1.29, 1.82) is 0 Å². The Morgan fingerprint density at radius 1 is 1.44 bits per heavy atom. The van der Waals surface area contributed by atoms with Crippen LogP contribution >= 0.6 is 24.4 Å². The minimum absolute atomic E-state index is 0.128. The molecule has 0 aliphatic carbocycles. The van der Waals surface area contributed by atoms with Crippen molar-refractivity contribution in [2.45, 2.75) is 51.7 Å². The number of nitrogens with one attached hydrogen (secondary N) is 1. The Hall–Kier alpha value is -0.360. The lowest BCUT2D eigenvalue weighted by molar-refractivity contribution is 0.356. The lowest BCUT2D eigenvalue weighted by atomic mass is 9.87. The van der Waals surface area contributed by atoms with Crippen molar-refractivity contribution < 1.29 is 0 Å². The molecule has 0 saturated heterocycles. The number of hydrogen-bond donors (Lipinski definition) is 2. The lowest BCUT2D eigenvalue weighted by Gasteiger charge is -2.29. The van der Waals surface area contributed by atoms with Gasteiger partial charge in [-0.3, -0.25) is 4.57 Å². The molecule has 0 aliphatic heterocycles. The standard InChI is InChI=1S/C12H23N3OS2/c1-5-12(6-2,7-17)8-18-11-14-13-10(16)15(11)9(3)4/h9,17H,5-8H2,1-4H3,(H,13,16). The van der Waals surface area contributed by atoms with E-state index in [-0.39, 0.29) is 17.1 Å². The van der Waals surface area contributed by atoms with Crippen LogP contribution in [0.15, 0.2) is 9.95 Å². The molecule has 1 aromatic heterocycles. The van der Waals surface area contributed by atoms with Crippen LogP contribution in [0.3, 0.4) is 0 Å². The molecule has 6 heteroatoms. The summed E-state index contributed by atoms with van der Waals surface area (Å²) in [6.07, 6.45) is 2.19. The molecule has 1 N–H and O–H groups in total. The summed E-state index contributed by atoms with van der Waals surface area (Å²) < 4.78 is 1.71. The number of thiol groups is 1. The second-order valence-corrected chi connectivity index (χ2v) is 6.19. The summed E-state index contributed by atoms with van der Waals surface area (Å²) >= 11 is 6.12. The summed E-state index contributed by atoms with van der Waals surface area (Å²) in [5.74, 6) is 1.81. The van der Waals surface area contributed by atoms with Crippen molar-refractivity contribution in [3.8, 4) is 0 Å². The third-order valence-electron chi connectivity index (χ3n) is 3.53. The number of rotatable bonds is 7. The van der Waals surface area contributed by atoms with Crippen molar-refractivity contribution >= 4 is 24.4 Å². The first-order chi connectivity index (χ1) is 8.49. The van der Waals surface area contributed by atoms with E-state index in [1.54, 1.807) is 16.3 Å². The highest BCUT2D eigenvalue weighted by atomic mass is 32.2. The first-order valence-corrected chi connectivity index (χ1v) is 8.02. The highest BCUT2D eigenvalue weighted by molar-refractivity contribution is 7.99. The Balaban J connectivity index is 2.83. The summed E-state index contributed by atoms with van der Waals surface area (Å²) in [6, 6.07) is 0.132. The maximum absolute atomic E-state index is 11.6. The van der Waals surface area contributed by atoms with Gasteiger partial charge in [-0.05, 0) is 37.9 Å². The number of thioether (sulfide) groups is 1. The van der Waals surface area contributed by atoms with Crippen LogP contribution in [0.25, 0.3) is 0 Å². The van der Waals surface area contributed by atoms with E-state index in [0.29, 0.717) is 0 Å². The summed E-state index contributed by atoms with van der Waals surface area (Å²) in [5.41, 5.74) is 0.0990. The smallest absolute Gasteiger partial charge is 0.268 e. The zero-order valence-corrected chi connectivity index (χ0v) is 13.3. The number of hydrogen-bond acceptors (Lipinski definition) is 4. The van der Waals surface area contributed by atoms with Crippen LogP contribution in [0.5, 0.6) is 0 Å². The van der Waals surface area contributed by atoms with Crippen LogP contribution in [-0.2, 0) is 0 Å². The first kappa shape index (κ1) is 15.7. The fraction of sp³-hybridized carbons (Fsp3) is 0.833. The molecule has 0 atom stereocenters. The van der Waals surface area contributed by atoms with Crippen molar-refractivity contribution in [2.75, 3.05) is 11.5 Å². The summed E-state index contributed by atoms with van der Waals surface area (Å²) in [6.45, 7) is 8.37. The lowest BCUT2D eigenvalue weighted by Crippen LogP contribution is -2.25. The van der Waals surface area contributed by atoms with Gasteiger partial charge < -0.3 is 0 Å². The maximum atomic E-state index is 11.6. The van der Waals surface area contributed by atoms with Gasteiger partial charge in [0.25, 0.3) is 0 Å². The topological polar surface area (TPSA) is 50.7 Å². The van der Waals surface area contributed by atoms with Gasteiger partial charge in [-0.25, -0.2) is 9.89 Å². The molecule has 104 valence electrons. The molecule has 0 aliphatic rings. The highest BCUT2D eigenvalue weighted by Crippen LogP contribution is 2.34. The van der Waals surface area contributed by atoms with Gasteiger partial charge in [0.2, 0.25) is 0 Å². The molecule has 0 saturated carbocycles. The molecular weight excluding hydrogens is 266 g/mol. The second-order valence-electron chi connectivity index (χ2n) is 4.93. The van der Waals surface area contributed by atoms with Gasteiger partial charge in [-0.2, -0.15) is 12.6 Å². The molecular formula is C12H23N3OS2. The average molecular weight is 289 g/mol. The molecule has 0 bridgehead atoms. The van der Waals surface area contributed by atoms with Gasteiger partial charge in [-0.15, -0.1) is 5.10 Å². The molecule has 18 heavy (non-hydrogen) atoms. The Kier molecular flexibility index (Phi) is 5.85. The SMILES string of the molecule is CCC(CC)(CS)CSc1n[nH]c(=O)n1C(C)C. The largest absolute Gasteiger partial charge is 0.344 e. The van der Waals surface area contributed by atoms with E-state index < -0.39 is 0 Å². The van der Waals surface area contributed by atoms with Gasteiger partial charge >= 0.3 is 5.69 Å². The van der Waals surface area contributed by atoms with E-state index in [1.807, 2.05) is 13.8 Å². The average Bonchev–Trinajstić information content (AvgIpc) is 2.73. The van der Waals surface area contributed by atoms with E-state index in [2.05, 4.69) is 36.7 Å². The van der Waals surface area contributed by atoms with Crippen LogP contribution in [0, 0.1) is 5.41 Å². The van der Waals surface area contributed by atoms with E-state index in [1.165, 1.54) is 0 Å². The fourth-order valence-electron chi connectivity index (χ4n) is 1.79. The summed E-state index contributed by atoms with van der Waals surface area (Å²) in [7, 11) is 0. The van der Waals surface area contributed by atoms with E-state index in [4.69, 9.17) is 0 Å². The zero-order valence-electron chi connectivity index (χ0n) is 11.6. The van der Waals surface area contributed by atoms with Gasteiger partial charge in [0.15, 0.2) is 5.16 Å². The van der Waals surface area contributed by atoms with Crippen LogP contribution in [0.1, 0.15) is 46.6 Å². The van der Waals surface area contributed by atoms with Crippen molar-refractivity contribution in [3.05, 3.63) is 10.5 Å². The van der Waals surface area contributed by atoms with Crippen molar-refractivity contribution in [1.82, 2.24) is 14.8 Å². The predicted molar refractivity (Wildman–Crippen MR) is 80.8 cm³/mol. The molecule has 0 amide bonds. The molecule has 1 rings (SSSR count). The second kappa shape index (κ2) is 6.70. The Morgan fingerprint density at radius 3 is 2.50 bits per heavy atom. The third-order valence-corrected chi connectivity index (χ3v) is 5.51. The minimum atomic E-state index is -0.128. The van der Waals surface area contributed by atoms with Crippen LogP contribution in [0.4, 0.5) is 0 Å². The predicted octanol–water partition coefficient (Wildman–Crippen LogP) is 2.98. The maximum Gasteiger partial charge on any atom is 0.344 e. The van der Waals surface area contributed by atoms with Crippen LogP contribution in [-0.4, -0.2) is 26.3 Å². The van der Waals surface area contributed by atoms with Gasteiger partial charge in [0.1, 0.15) is 0 Å². The van der Waals surface area contributed by atoms with E-state index in [9.17, 15) is 4.79 Å². The van der Waals surface area contributed by atoms with E-state index in [0.717, 1.165) is 29.5 Å². The minimum Gasteiger partial charge on any atom is -0.268 e. The first-order valence-electron chi connectivity index (χ1n) is 6.40. The molecule has 0 fully saturated rings. The Bertz CT molecular complexity index is 413. The monoisotopic (exact) mass is 289 g/mol. The van der Waals surface area contributed by atoms with E-state index >= 15 is 0 Å². The van der Waals surface area contributed by atoms with Gasteiger partial charge in [0, 0.05) is 11.8 Å². The Labute approximate surface area is 118 Å².